The third-order valence-electron chi connectivity index (χ3n) is 3.60. The van der Waals surface area contributed by atoms with Crippen LogP contribution in [0.5, 0.6) is 5.75 Å². The lowest BCUT2D eigenvalue weighted by Crippen LogP contribution is -2.32. The second-order valence-corrected chi connectivity index (χ2v) is 4.88. The highest BCUT2D eigenvalue weighted by Crippen LogP contribution is 2.31. The zero-order valence-corrected chi connectivity index (χ0v) is 12.8. The van der Waals surface area contributed by atoms with Crippen molar-refractivity contribution in [3.8, 4) is 23.1 Å². The maximum absolute atomic E-state index is 12.5. The van der Waals surface area contributed by atoms with Crippen molar-refractivity contribution in [1.29, 1.82) is 5.26 Å². The first-order valence-corrected chi connectivity index (χ1v) is 7.07. The molecule has 1 N–H and O–H groups in total. The lowest BCUT2D eigenvalue weighted by atomic mass is 10.1. The molecule has 0 amide bonds. The Morgan fingerprint density at radius 2 is 2.04 bits per heavy atom. The van der Waals surface area contributed by atoms with E-state index in [4.69, 9.17) is 10.00 Å². The predicted octanol–water partition coefficient (Wildman–Crippen LogP) is 2.43. The fraction of sp³-hybridized carbons (Fsp3) is 0.235. The van der Waals surface area contributed by atoms with Gasteiger partial charge in [-0.1, -0.05) is 19.1 Å². The largest absolute Gasteiger partial charge is 0.496 e. The van der Waals surface area contributed by atoms with Crippen LogP contribution in [0.3, 0.4) is 0 Å². The van der Waals surface area contributed by atoms with E-state index in [1.165, 1.54) is 13.2 Å². The van der Waals surface area contributed by atoms with Gasteiger partial charge in [0.25, 0.3) is 5.56 Å². The van der Waals surface area contributed by atoms with Gasteiger partial charge in [-0.05, 0) is 30.7 Å². The summed E-state index contributed by atoms with van der Waals surface area (Å²) in [6.45, 7) is 1.68. The number of aliphatic carboxylic acids is 1. The van der Waals surface area contributed by atoms with Crippen LogP contribution in [0.1, 0.15) is 24.9 Å². The number of methoxy groups -OCH3 is 1. The third kappa shape index (κ3) is 2.94. The van der Waals surface area contributed by atoms with Crippen molar-refractivity contribution in [1.82, 2.24) is 4.57 Å². The van der Waals surface area contributed by atoms with Crippen molar-refractivity contribution >= 4 is 5.97 Å². The molecule has 0 saturated heterocycles. The van der Waals surface area contributed by atoms with Gasteiger partial charge in [0.1, 0.15) is 23.4 Å². The highest BCUT2D eigenvalue weighted by atomic mass is 16.5. The molecule has 1 unspecified atom stereocenters. The van der Waals surface area contributed by atoms with E-state index in [1.807, 2.05) is 0 Å². The maximum atomic E-state index is 12.5. The molecule has 1 aromatic heterocycles. The minimum Gasteiger partial charge on any atom is -0.496 e. The van der Waals surface area contributed by atoms with Crippen LogP contribution in [-0.2, 0) is 4.79 Å². The van der Waals surface area contributed by atoms with Gasteiger partial charge in [-0.15, -0.1) is 0 Å². The summed E-state index contributed by atoms with van der Waals surface area (Å²) in [6.07, 6.45) is 0.215. The second kappa shape index (κ2) is 6.79. The predicted molar refractivity (Wildman–Crippen MR) is 84.4 cm³/mol. The maximum Gasteiger partial charge on any atom is 0.326 e. The first-order chi connectivity index (χ1) is 11.0. The summed E-state index contributed by atoms with van der Waals surface area (Å²) in [5, 5.41) is 18.5. The Bertz CT molecular complexity index is 833. The molecule has 23 heavy (non-hydrogen) atoms. The summed E-state index contributed by atoms with van der Waals surface area (Å²) >= 11 is 0. The van der Waals surface area contributed by atoms with Gasteiger partial charge in [0.05, 0.1) is 12.8 Å². The Balaban J connectivity index is 2.84. The molecule has 0 aliphatic carbocycles. The molecule has 1 aromatic carbocycles. The SMILES string of the molecule is CCC(C(=O)O)n1c(-c2ccccc2OC)ccc(C#N)c1=O. The number of ether oxygens (including phenoxy) is 1. The standard InChI is InChI=1S/C17H16N2O4/c1-3-13(17(21)22)19-14(9-8-11(10-18)16(19)20)12-6-4-5-7-15(12)23-2/h4-9,13H,3H2,1-2H3,(H,21,22). The van der Waals surface area contributed by atoms with E-state index in [9.17, 15) is 14.7 Å². The number of carboxylic acids is 1. The highest BCUT2D eigenvalue weighted by Gasteiger charge is 2.24. The topological polar surface area (TPSA) is 92.3 Å². The van der Waals surface area contributed by atoms with Crippen LogP contribution in [0.25, 0.3) is 11.3 Å². The number of carbonyl (C=O) groups is 1. The van der Waals surface area contributed by atoms with Crippen molar-refractivity contribution in [2.45, 2.75) is 19.4 Å². The lowest BCUT2D eigenvalue weighted by Gasteiger charge is -2.20. The number of rotatable bonds is 5. The van der Waals surface area contributed by atoms with Crippen LogP contribution in [0, 0.1) is 11.3 Å². The molecule has 0 fully saturated rings. The second-order valence-electron chi connectivity index (χ2n) is 4.88. The summed E-state index contributed by atoms with van der Waals surface area (Å²) in [4.78, 5) is 24.1. The molecule has 6 nitrogen and oxygen atoms in total. The Labute approximate surface area is 133 Å². The molecule has 0 aliphatic heterocycles. The van der Waals surface area contributed by atoms with Gasteiger partial charge in [0.2, 0.25) is 0 Å². The first kappa shape index (κ1) is 16.3. The molecule has 118 valence electrons. The Hall–Kier alpha value is -3.07. The zero-order chi connectivity index (χ0) is 17.0. The molecule has 6 heteroatoms. The summed E-state index contributed by atoms with van der Waals surface area (Å²) < 4.78 is 6.45. The molecule has 1 atom stereocenters. The minimum atomic E-state index is -1.12. The quantitative estimate of drug-likeness (QED) is 0.915. The molecular weight excluding hydrogens is 296 g/mol. The fourth-order valence-electron chi connectivity index (χ4n) is 2.49. The molecule has 0 spiro atoms. The Kier molecular flexibility index (Phi) is 4.82. The van der Waals surface area contributed by atoms with Crippen molar-refractivity contribution in [2.24, 2.45) is 0 Å². The van der Waals surface area contributed by atoms with Crippen molar-refractivity contribution in [3.63, 3.8) is 0 Å². The van der Waals surface area contributed by atoms with E-state index in [0.29, 0.717) is 17.0 Å². The van der Waals surface area contributed by atoms with Crippen molar-refractivity contribution in [2.75, 3.05) is 7.11 Å². The van der Waals surface area contributed by atoms with Crippen LogP contribution in [0.4, 0.5) is 0 Å². The number of nitrogens with zero attached hydrogens (tertiary/aromatic N) is 2. The van der Waals surface area contributed by atoms with E-state index in [1.54, 1.807) is 43.3 Å². The van der Waals surface area contributed by atoms with E-state index in [-0.39, 0.29) is 12.0 Å². The van der Waals surface area contributed by atoms with Gasteiger partial charge < -0.3 is 9.84 Å². The number of benzene rings is 1. The fourth-order valence-corrected chi connectivity index (χ4v) is 2.49. The normalized spacial score (nSPS) is 11.5. The monoisotopic (exact) mass is 312 g/mol. The van der Waals surface area contributed by atoms with Crippen molar-refractivity contribution in [3.05, 3.63) is 52.3 Å². The molecule has 2 aromatic rings. The van der Waals surface area contributed by atoms with Crippen LogP contribution < -0.4 is 10.3 Å². The molecule has 0 radical (unpaired) electrons. The highest BCUT2D eigenvalue weighted by molar-refractivity contribution is 5.75. The number of nitriles is 1. The van der Waals surface area contributed by atoms with Gasteiger partial charge in [0.15, 0.2) is 0 Å². The van der Waals surface area contributed by atoms with Crippen LogP contribution in [0.2, 0.25) is 0 Å². The molecule has 2 rings (SSSR count). The number of carboxylic acid groups (broad SMARTS) is 1. The summed E-state index contributed by atoms with van der Waals surface area (Å²) in [5.41, 5.74) is 0.283. The Morgan fingerprint density at radius 1 is 1.35 bits per heavy atom. The van der Waals surface area contributed by atoms with Crippen LogP contribution >= 0.6 is 0 Å². The van der Waals surface area contributed by atoms with Crippen LogP contribution in [-0.4, -0.2) is 22.8 Å². The van der Waals surface area contributed by atoms with Gasteiger partial charge >= 0.3 is 5.97 Å². The molecule has 1 heterocycles. The minimum absolute atomic E-state index is 0.0941. The van der Waals surface area contributed by atoms with E-state index in [2.05, 4.69) is 0 Å². The van der Waals surface area contributed by atoms with E-state index >= 15 is 0 Å². The molecule has 0 bridgehead atoms. The smallest absolute Gasteiger partial charge is 0.326 e. The first-order valence-electron chi connectivity index (χ1n) is 7.07. The van der Waals surface area contributed by atoms with Crippen LogP contribution in [0.15, 0.2) is 41.2 Å². The molecule has 0 aliphatic rings. The Morgan fingerprint density at radius 3 is 2.61 bits per heavy atom. The van der Waals surface area contributed by atoms with E-state index < -0.39 is 17.6 Å². The average Bonchev–Trinajstić information content (AvgIpc) is 2.56. The summed E-state index contributed by atoms with van der Waals surface area (Å²) in [7, 11) is 1.50. The van der Waals surface area contributed by atoms with Gasteiger partial charge in [-0.2, -0.15) is 5.26 Å². The van der Waals surface area contributed by atoms with E-state index in [0.717, 1.165) is 4.57 Å². The molecule has 0 saturated carbocycles. The number of hydrogen-bond donors (Lipinski definition) is 1. The number of pyridine rings is 1. The average molecular weight is 312 g/mol. The molecular formula is C17H16N2O4. The zero-order valence-electron chi connectivity index (χ0n) is 12.8. The summed E-state index contributed by atoms with van der Waals surface area (Å²) in [5.74, 6) is -0.605. The number of para-hydroxylation sites is 1. The van der Waals surface area contributed by atoms with Crippen molar-refractivity contribution < 1.29 is 14.6 Å². The summed E-state index contributed by atoms with van der Waals surface area (Å²) in [6, 6.07) is 10.7. The van der Waals surface area contributed by atoms with Gasteiger partial charge in [-0.25, -0.2) is 4.79 Å². The van der Waals surface area contributed by atoms with Gasteiger partial charge in [0, 0.05) is 5.56 Å². The lowest BCUT2D eigenvalue weighted by molar-refractivity contribution is -0.141. The number of aromatic nitrogens is 1. The third-order valence-corrected chi connectivity index (χ3v) is 3.60. The number of hydrogen-bond acceptors (Lipinski definition) is 4. The van der Waals surface area contributed by atoms with Gasteiger partial charge in [-0.3, -0.25) is 9.36 Å².